The summed E-state index contributed by atoms with van der Waals surface area (Å²) < 4.78 is 0.955. The fourth-order valence-corrected chi connectivity index (χ4v) is 3.20. The molecule has 1 fully saturated rings. The summed E-state index contributed by atoms with van der Waals surface area (Å²) in [6.45, 7) is 4.46. The van der Waals surface area contributed by atoms with Gasteiger partial charge in [0.25, 0.3) is 0 Å². The summed E-state index contributed by atoms with van der Waals surface area (Å²) in [5.41, 5.74) is 1.94. The van der Waals surface area contributed by atoms with Crippen LogP contribution in [0.1, 0.15) is 31.7 Å². The van der Waals surface area contributed by atoms with Crippen LogP contribution in [0.2, 0.25) is 0 Å². The second kappa shape index (κ2) is 3.21. The normalized spacial score (nSPS) is 21.6. The minimum absolute atomic E-state index is 0.457. The molecule has 0 radical (unpaired) electrons. The number of anilines is 1. The van der Waals surface area contributed by atoms with Crippen molar-refractivity contribution in [2.24, 2.45) is 0 Å². The van der Waals surface area contributed by atoms with E-state index in [-0.39, 0.29) is 0 Å². The van der Waals surface area contributed by atoms with E-state index in [1.807, 2.05) is 0 Å². The minimum Gasteiger partial charge on any atom is -0.356 e. The Balaban J connectivity index is 2.10. The lowest BCUT2D eigenvalue weighted by atomic mass is 9.66. The molecule has 0 atom stereocenters. The van der Waals surface area contributed by atoms with Crippen LogP contribution in [0.3, 0.4) is 0 Å². The van der Waals surface area contributed by atoms with Gasteiger partial charge in [-0.3, -0.25) is 0 Å². The Hall–Kier alpha value is -0.570. The molecule has 2 nitrogen and oxygen atoms in total. The van der Waals surface area contributed by atoms with E-state index >= 15 is 0 Å². The Morgan fingerprint density at radius 1 is 1.47 bits per heavy atom. The summed E-state index contributed by atoms with van der Waals surface area (Å²) >= 11 is 3.46. The smallest absolute Gasteiger partial charge is 0.133 e. The van der Waals surface area contributed by atoms with Gasteiger partial charge in [-0.2, -0.15) is 0 Å². The quantitative estimate of drug-likeness (QED) is 0.727. The monoisotopic (exact) mass is 266 g/mol. The molecule has 1 aliphatic heterocycles. The highest BCUT2D eigenvalue weighted by Gasteiger charge is 2.47. The zero-order valence-corrected chi connectivity index (χ0v) is 10.5. The average Bonchev–Trinajstić information content (AvgIpc) is 2.51. The van der Waals surface area contributed by atoms with Gasteiger partial charge in [-0.15, -0.1) is 0 Å². The van der Waals surface area contributed by atoms with Gasteiger partial charge < -0.3 is 4.90 Å². The van der Waals surface area contributed by atoms with E-state index in [9.17, 15) is 0 Å². The fourth-order valence-electron chi connectivity index (χ4n) is 2.90. The lowest BCUT2D eigenvalue weighted by molar-refractivity contribution is 0.264. The summed E-state index contributed by atoms with van der Waals surface area (Å²) in [6.07, 6.45) is 4.08. The van der Waals surface area contributed by atoms with E-state index in [4.69, 9.17) is 0 Å². The molecule has 1 spiro atoms. The van der Waals surface area contributed by atoms with Crippen molar-refractivity contribution in [1.29, 1.82) is 0 Å². The maximum Gasteiger partial charge on any atom is 0.133 e. The number of pyridine rings is 1. The van der Waals surface area contributed by atoms with Crippen LogP contribution in [0.15, 0.2) is 16.7 Å². The molecule has 1 aliphatic carbocycles. The summed E-state index contributed by atoms with van der Waals surface area (Å²) in [4.78, 5) is 7.04. The Kier molecular flexibility index (Phi) is 2.06. The zero-order valence-electron chi connectivity index (χ0n) is 8.96. The van der Waals surface area contributed by atoms with Crippen molar-refractivity contribution in [3.63, 3.8) is 0 Å². The van der Waals surface area contributed by atoms with E-state index in [0.717, 1.165) is 11.1 Å². The van der Waals surface area contributed by atoms with Crippen LogP contribution in [-0.2, 0) is 5.41 Å². The topological polar surface area (TPSA) is 16.1 Å². The SMILES string of the molecule is CCN1CC2(CCC2)c2ccc(Br)nc21. The molecular formula is C12H15BrN2. The van der Waals surface area contributed by atoms with Gasteiger partial charge in [0.1, 0.15) is 10.4 Å². The van der Waals surface area contributed by atoms with Gasteiger partial charge in [0.2, 0.25) is 0 Å². The van der Waals surface area contributed by atoms with Crippen molar-refractivity contribution in [2.75, 3.05) is 18.0 Å². The van der Waals surface area contributed by atoms with Crippen LogP contribution < -0.4 is 4.90 Å². The van der Waals surface area contributed by atoms with Crippen molar-refractivity contribution >= 4 is 21.7 Å². The summed E-state index contributed by atoms with van der Waals surface area (Å²) in [5.74, 6) is 1.21. The van der Waals surface area contributed by atoms with Gasteiger partial charge in [0.05, 0.1) is 0 Å². The van der Waals surface area contributed by atoms with Gasteiger partial charge in [-0.1, -0.05) is 12.5 Å². The molecule has 0 saturated heterocycles. The fraction of sp³-hybridized carbons (Fsp3) is 0.583. The van der Waals surface area contributed by atoms with Gasteiger partial charge >= 0.3 is 0 Å². The summed E-state index contributed by atoms with van der Waals surface area (Å²) in [7, 11) is 0. The van der Waals surface area contributed by atoms with Crippen LogP contribution >= 0.6 is 15.9 Å². The first-order chi connectivity index (χ1) is 7.25. The molecule has 15 heavy (non-hydrogen) atoms. The second-order valence-corrected chi connectivity index (χ2v) is 5.47. The summed E-state index contributed by atoms with van der Waals surface area (Å²) in [6, 6.07) is 4.35. The Morgan fingerprint density at radius 2 is 2.27 bits per heavy atom. The molecule has 3 heteroatoms. The molecule has 1 aromatic heterocycles. The highest BCUT2D eigenvalue weighted by molar-refractivity contribution is 9.10. The maximum absolute atomic E-state index is 4.63. The predicted molar refractivity (Wildman–Crippen MR) is 65.4 cm³/mol. The number of likely N-dealkylation sites (N-methyl/N-ethyl adjacent to an activating group) is 1. The largest absolute Gasteiger partial charge is 0.356 e. The number of hydrogen-bond acceptors (Lipinski definition) is 2. The van der Waals surface area contributed by atoms with Gasteiger partial charge in [0, 0.05) is 24.1 Å². The number of fused-ring (bicyclic) bond motifs is 2. The first kappa shape index (κ1) is 9.64. The average molecular weight is 267 g/mol. The Morgan fingerprint density at radius 3 is 2.87 bits per heavy atom. The highest BCUT2D eigenvalue weighted by atomic mass is 79.9. The van der Waals surface area contributed by atoms with Crippen molar-refractivity contribution in [2.45, 2.75) is 31.6 Å². The van der Waals surface area contributed by atoms with Crippen LogP contribution in [0.5, 0.6) is 0 Å². The van der Waals surface area contributed by atoms with E-state index in [1.54, 1.807) is 0 Å². The molecule has 0 aromatic carbocycles. The number of hydrogen-bond donors (Lipinski definition) is 0. The third-order valence-corrected chi connectivity index (χ3v) is 4.34. The Labute approximate surface area is 98.8 Å². The highest BCUT2D eigenvalue weighted by Crippen LogP contribution is 2.51. The molecule has 2 aliphatic rings. The molecule has 0 unspecified atom stereocenters. The molecular weight excluding hydrogens is 252 g/mol. The van der Waals surface area contributed by atoms with Crippen molar-refractivity contribution in [1.82, 2.24) is 4.98 Å². The molecule has 1 saturated carbocycles. The van der Waals surface area contributed by atoms with Crippen molar-refractivity contribution in [3.05, 3.63) is 22.3 Å². The van der Waals surface area contributed by atoms with E-state index in [1.165, 1.54) is 37.2 Å². The number of nitrogens with zero attached hydrogens (tertiary/aromatic N) is 2. The lowest BCUT2D eigenvalue weighted by Gasteiger charge is -2.38. The first-order valence-electron chi connectivity index (χ1n) is 5.67. The number of halogens is 1. The van der Waals surface area contributed by atoms with Crippen LogP contribution in [0, 0.1) is 0 Å². The van der Waals surface area contributed by atoms with Gasteiger partial charge in [-0.05, 0) is 41.8 Å². The van der Waals surface area contributed by atoms with Crippen LogP contribution in [0.4, 0.5) is 5.82 Å². The van der Waals surface area contributed by atoms with Crippen LogP contribution in [0.25, 0.3) is 0 Å². The third kappa shape index (κ3) is 1.25. The maximum atomic E-state index is 4.63. The number of aromatic nitrogens is 1. The zero-order chi connectivity index (χ0) is 10.5. The number of rotatable bonds is 1. The van der Waals surface area contributed by atoms with Crippen molar-refractivity contribution in [3.8, 4) is 0 Å². The first-order valence-corrected chi connectivity index (χ1v) is 6.46. The van der Waals surface area contributed by atoms with Gasteiger partial charge in [-0.25, -0.2) is 4.98 Å². The van der Waals surface area contributed by atoms with Crippen LogP contribution in [-0.4, -0.2) is 18.1 Å². The lowest BCUT2D eigenvalue weighted by Crippen LogP contribution is -2.39. The van der Waals surface area contributed by atoms with E-state index in [0.29, 0.717) is 5.41 Å². The van der Waals surface area contributed by atoms with E-state index < -0.39 is 0 Å². The molecule has 0 bridgehead atoms. The minimum atomic E-state index is 0.457. The molecule has 80 valence electrons. The second-order valence-electron chi connectivity index (χ2n) is 4.65. The standard InChI is InChI=1S/C12H15BrN2/c1-2-15-8-12(6-3-7-12)9-4-5-10(13)14-11(9)15/h4-5H,2-3,6-8H2,1H3. The van der Waals surface area contributed by atoms with Gasteiger partial charge in [0.15, 0.2) is 0 Å². The van der Waals surface area contributed by atoms with E-state index in [2.05, 4.69) is 44.9 Å². The summed E-state index contributed by atoms with van der Waals surface area (Å²) in [5, 5.41) is 0. The molecule has 0 N–H and O–H groups in total. The molecule has 2 heterocycles. The molecule has 0 amide bonds. The third-order valence-electron chi connectivity index (χ3n) is 3.90. The predicted octanol–water partition coefficient (Wildman–Crippen LogP) is 3.11. The van der Waals surface area contributed by atoms with Crippen molar-refractivity contribution < 1.29 is 0 Å². The Bertz CT molecular complexity index is 399. The molecule has 1 aromatic rings. The molecule has 3 rings (SSSR count).